The zero-order valence-corrected chi connectivity index (χ0v) is 23.1. The second kappa shape index (κ2) is 10.7. The zero-order valence-electron chi connectivity index (χ0n) is 23.1. The summed E-state index contributed by atoms with van der Waals surface area (Å²) in [5.74, 6) is 1.57. The van der Waals surface area contributed by atoms with Crippen LogP contribution < -0.4 is 10.2 Å². The van der Waals surface area contributed by atoms with Gasteiger partial charge in [-0.1, -0.05) is 51.1 Å². The van der Waals surface area contributed by atoms with Gasteiger partial charge >= 0.3 is 0 Å². The lowest BCUT2D eigenvalue weighted by atomic mass is 9.95. The number of hydrogen-bond donors (Lipinski definition) is 2. The number of imidazole rings is 1. The van der Waals surface area contributed by atoms with Crippen molar-refractivity contribution in [2.45, 2.75) is 46.1 Å². The van der Waals surface area contributed by atoms with Crippen LogP contribution in [0.25, 0.3) is 16.9 Å². The van der Waals surface area contributed by atoms with Crippen LogP contribution in [0.3, 0.4) is 0 Å². The van der Waals surface area contributed by atoms with E-state index in [0.29, 0.717) is 18.9 Å². The Morgan fingerprint density at radius 1 is 0.947 bits per heavy atom. The highest BCUT2D eigenvalue weighted by Crippen LogP contribution is 2.31. The lowest BCUT2D eigenvalue weighted by Gasteiger charge is -2.37. The minimum absolute atomic E-state index is 0.188. The number of fused-ring (bicyclic) bond motifs is 1. The van der Waals surface area contributed by atoms with Crippen molar-refractivity contribution in [3.05, 3.63) is 71.8 Å². The van der Waals surface area contributed by atoms with Gasteiger partial charge in [0.05, 0.1) is 6.10 Å². The molecule has 5 rings (SSSR count). The molecular weight excluding hydrogens is 474 g/mol. The van der Waals surface area contributed by atoms with Gasteiger partial charge in [0, 0.05) is 56.1 Å². The maximum atomic E-state index is 10.9. The highest BCUT2D eigenvalue weighted by atomic mass is 16.3. The van der Waals surface area contributed by atoms with E-state index in [1.807, 2.05) is 18.2 Å². The van der Waals surface area contributed by atoms with Crippen LogP contribution in [0, 0.1) is 13.8 Å². The summed E-state index contributed by atoms with van der Waals surface area (Å²) in [5.41, 5.74) is 6.31. The number of aliphatic hydroxyl groups is 1. The fourth-order valence-corrected chi connectivity index (χ4v) is 5.17. The SMILES string of the molecule is Cc1cccc(N2CCN(CC(O)CNc3ncnc4c3nc(C(C)(C)C)n4-c3ccccc3)CC2)c1C. The van der Waals surface area contributed by atoms with E-state index in [-0.39, 0.29) is 5.41 Å². The van der Waals surface area contributed by atoms with E-state index < -0.39 is 6.10 Å². The topological polar surface area (TPSA) is 82.3 Å². The summed E-state index contributed by atoms with van der Waals surface area (Å²) >= 11 is 0. The number of aliphatic hydroxyl groups excluding tert-OH is 1. The molecule has 4 aromatic rings. The summed E-state index contributed by atoms with van der Waals surface area (Å²) in [6.07, 6.45) is 1.04. The first-order valence-corrected chi connectivity index (χ1v) is 13.5. The third-order valence-electron chi connectivity index (χ3n) is 7.39. The monoisotopic (exact) mass is 513 g/mol. The molecule has 0 amide bonds. The van der Waals surface area contributed by atoms with Gasteiger partial charge in [-0.25, -0.2) is 15.0 Å². The van der Waals surface area contributed by atoms with Crippen LogP contribution >= 0.6 is 0 Å². The molecule has 200 valence electrons. The summed E-state index contributed by atoms with van der Waals surface area (Å²) in [6, 6.07) is 16.7. The molecule has 0 spiro atoms. The Morgan fingerprint density at radius 2 is 1.68 bits per heavy atom. The van der Waals surface area contributed by atoms with E-state index in [4.69, 9.17) is 4.98 Å². The summed E-state index contributed by atoms with van der Waals surface area (Å²) in [7, 11) is 0. The smallest absolute Gasteiger partial charge is 0.170 e. The normalized spacial score (nSPS) is 15.7. The molecule has 2 N–H and O–H groups in total. The minimum atomic E-state index is -0.523. The lowest BCUT2D eigenvalue weighted by molar-refractivity contribution is 0.118. The quantitative estimate of drug-likeness (QED) is 0.381. The summed E-state index contributed by atoms with van der Waals surface area (Å²) < 4.78 is 2.11. The minimum Gasteiger partial charge on any atom is -0.390 e. The third kappa shape index (κ3) is 5.37. The first kappa shape index (κ1) is 26.1. The van der Waals surface area contributed by atoms with Crippen molar-refractivity contribution in [2.75, 3.05) is 49.5 Å². The molecule has 0 aliphatic carbocycles. The number of aryl methyl sites for hydroxylation is 1. The highest BCUT2D eigenvalue weighted by molar-refractivity contribution is 5.85. The van der Waals surface area contributed by atoms with E-state index in [1.165, 1.54) is 16.8 Å². The molecule has 8 nitrogen and oxygen atoms in total. The molecule has 1 aliphatic heterocycles. The lowest BCUT2D eigenvalue weighted by Crippen LogP contribution is -2.49. The highest BCUT2D eigenvalue weighted by Gasteiger charge is 2.26. The van der Waals surface area contributed by atoms with Gasteiger partial charge in [-0.15, -0.1) is 0 Å². The summed E-state index contributed by atoms with van der Waals surface area (Å²) in [4.78, 5) is 18.9. The number of para-hydroxylation sites is 1. The molecule has 1 fully saturated rings. The number of nitrogens with one attached hydrogen (secondary N) is 1. The Bertz CT molecular complexity index is 1390. The fraction of sp³-hybridized carbons (Fsp3) is 0.433. The van der Waals surface area contributed by atoms with E-state index in [2.05, 4.69) is 94.6 Å². The van der Waals surface area contributed by atoms with Gasteiger partial charge in [-0.05, 0) is 43.2 Å². The molecule has 2 aromatic heterocycles. The van der Waals surface area contributed by atoms with Crippen LogP contribution in [0.15, 0.2) is 54.9 Å². The predicted octanol–water partition coefficient (Wildman–Crippen LogP) is 4.32. The average molecular weight is 514 g/mol. The van der Waals surface area contributed by atoms with E-state index in [1.54, 1.807) is 6.33 Å². The first-order chi connectivity index (χ1) is 18.2. The van der Waals surface area contributed by atoms with Crippen molar-refractivity contribution in [3.8, 4) is 5.69 Å². The Labute approximate surface area is 225 Å². The van der Waals surface area contributed by atoms with Crippen molar-refractivity contribution >= 4 is 22.7 Å². The Morgan fingerprint density at radius 3 is 2.39 bits per heavy atom. The Hall–Kier alpha value is -3.49. The molecule has 1 unspecified atom stereocenters. The number of hydrogen-bond acceptors (Lipinski definition) is 7. The van der Waals surface area contributed by atoms with Gasteiger partial charge in [0.2, 0.25) is 0 Å². The number of rotatable bonds is 7. The van der Waals surface area contributed by atoms with E-state index in [9.17, 15) is 5.11 Å². The molecule has 0 bridgehead atoms. The number of aromatic nitrogens is 4. The van der Waals surface area contributed by atoms with E-state index >= 15 is 0 Å². The maximum Gasteiger partial charge on any atom is 0.170 e. The second-order valence-corrected chi connectivity index (χ2v) is 11.3. The molecular formula is C30H39N7O. The van der Waals surface area contributed by atoms with Gasteiger partial charge in [0.1, 0.15) is 12.2 Å². The molecule has 0 saturated carbocycles. The number of anilines is 2. The van der Waals surface area contributed by atoms with Gasteiger partial charge in [-0.3, -0.25) is 9.47 Å². The summed E-state index contributed by atoms with van der Waals surface area (Å²) in [5, 5.41) is 14.2. The number of nitrogens with zero attached hydrogens (tertiary/aromatic N) is 6. The molecule has 8 heteroatoms. The second-order valence-electron chi connectivity index (χ2n) is 11.3. The van der Waals surface area contributed by atoms with Gasteiger partial charge in [0.25, 0.3) is 0 Å². The van der Waals surface area contributed by atoms with Crippen LogP contribution in [0.5, 0.6) is 0 Å². The maximum absolute atomic E-state index is 10.9. The first-order valence-electron chi connectivity index (χ1n) is 13.5. The Balaban J connectivity index is 1.25. The number of benzene rings is 2. The molecule has 2 aromatic carbocycles. The standard InChI is InChI=1S/C30H39N7O/c1-21-10-9-13-25(22(21)2)36-16-14-35(15-17-36)19-24(38)18-31-27-26-28(33-20-32-27)37(23-11-7-6-8-12-23)29(34-26)30(3,4)5/h6-13,20,24,38H,14-19H2,1-5H3,(H,31,32,33). The van der Waals surface area contributed by atoms with Gasteiger partial charge in [0.15, 0.2) is 17.0 Å². The van der Waals surface area contributed by atoms with Crippen molar-refractivity contribution in [2.24, 2.45) is 0 Å². The number of β-amino-alcohol motifs (C(OH)–C–C–N with tert-alkyl or cyclic N) is 1. The molecule has 1 atom stereocenters. The molecule has 3 heterocycles. The predicted molar refractivity (Wildman–Crippen MR) is 154 cm³/mol. The van der Waals surface area contributed by atoms with Gasteiger partial charge < -0.3 is 15.3 Å². The third-order valence-corrected chi connectivity index (χ3v) is 7.39. The molecule has 1 aliphatic rings. The van der Waals surface area contributed by atoms with Crippen LogP contribution in [0.1, 0.15) is 37.7 Å². The molecule has 38 heavy (non-hydrogen) atoms. The van der Waals surface area contributed by atoms with Crippen molar-refractivity contribution in [1.29, 1.82) is 0 Å². The average Bonchev–Trinajstić information content (AvgIpc) is 3.31. The van der Waals surface area contributed by atoms with Crippen molar-refractivity contribution in [1.82, 2.24) is 24.4 Å². The van der Waals surface area contributed by atoms with E-state index in [0.717, 1.165) is 48.9 Å². The van der Waals surface area contributed by atoms with Gasteiger partial charge in [-0.2, -0.15) is 0 Å². The van der Waals surface area contributed by atoms with Crippen LogP contribution in [-0.4, -0.2) is 74.9 Å². The number of piperazine rings is 1. The fourth-order valence-electron chi connectivity index (χ4n) is 5.17. The molecule has 1 saturated heterocycles. The van der Waals surface area contributed by atoms with Crippen LogP contribution in [-0.2, 0) is 5.41 Å². The van der Waals surface area contributed by atoms with Crippen molar-refractivity contribution < 1.29 is 5.11 Å². The molecule has 0 radical (unpaired) electrons. The van der Waals surface area contributed by atoms with Crippen LogP contribution in [0.4, 0.5) is 11.5 Å². The summed E-state index contributed by atoms with van der Waals surface area (Å²) in [6.45, 7) is 15.6. The van der Waals surface area contributed by atoms with Crippen LogP contribution in [0.2, 0.25) is 0 Å². The Kier molecular flexibility index (Phi) is 7.36. The zero-order chi connectivity index (χ0) is 26.9. The van der Waals surface area contributed by atoms with Crippen molar-refractivity contribution in [3.63, 3.8) is 0 Å². The largest absolute Gasteiger partial charge is 0.390 e.